The number of hydrogen-bond acceptors (Lipinski definition) is 4. The smallest absolute Gasteiger partial charge is 0.267 e. The summed E-state index contributed by atoms with van der Waals surface area (Å²) in [5.41, 5.74) is 2.43. The number of carbonyl (C=O) groups is 2. The summed E-state index contributed by atoms with van der Waals surface area (Å²) in [5, 5.41) is 17.2. The third-order valence-electron chi connectivity index (χ3n) is 5.72. The number of aromatic amines is 1. The molecule has 4 rings (SSSR count). The summed E-state index contributed by atoms with van der Waals surface area (Å²) in [4.78, 5) is 29.6. The standard InChI is InChI=1S/C22H24N6O2/c1-27(14-23)22(30)17-5-2-3-6-18(17)26-21(29)20-12-16-8-7-15(11-19(16)25-20)13-28-10-4-9-24-28/h4,7-12,17-18,25H,2-3,5-6,13H2,1H3,(H,26,29)/t17-,18+/m1/s1. The quantitative estimate of drug-likeness (QED) is 0.503. The van der Waals surface area contributed by atoms with Gasteiger partial charge in [-0.1, -0.05) is 25.0 Å². The second-order valence-electron chi connectivity index (χ2n) is 7.78. The van der Waals surface area contributed by atoms with Gasteiger partial charge >= 0.3 is 0 Å². The second-order valence-corrected chi connectivity index (χ2v) is 7.78. The number of nitrogens with one attached hydrogen (secondary N) is 2. The Balaban J connectivity index is 1.49. The molecule has 2 heterocycles. The zero-order valence-electron chi connectivity index (χ0n) is 16.8. The lowest BCUT2D eigenvalue weighted by molar-refractivity contribution is -0.133. The largest absolute Gasteiger partial charge is 0.351 e. The van der Waals surface area contributed by atoms with Crippen molar-refractivity contribution in [3.63, 3.8) is 0 Å². The van der Waals surface area contributed by atoms with Crippen molar-refractivity contribution in [2.75, 3.05) is 7.05 Å². The van der Waals surface area contributed by atoms with Crippen molar-refractivity contribution in [2.45, 2.75) is 38.3 Å². The molecule has 2 atom stereocenters. The Morgan fingerprint density at radius 3 is 2.93 bits per heavy atom. The van der Waals surface area contributed by atoms with Crippen LogP contribution in [0.3, 0.4) is 0 Å². The fraction of sp³-hybridized carbons (Fsp3) is 0.364. The minimum Gasteiger partial charge on any atom is -0.351 e. The monoisotopic (exact) mass is 404 g/mol. The average molecular weight is 404 g/mol. The molecule has 154 valence electrons. The van der Waals surface area contributed by atoms with E-state index >= 15 is 0 Å². The number of rotatable bonds is 5. The summed E-state index contributed by atoms with van der Waals surface area (Å²) in [6.07, 6.45) is 8.80. The van der Waals surface area contributed by atoms with E-state index in [1.165, 1.54) is 7.05 Å². The van der Waals surface area contributed by atoms with Gasteiger partial charge in [0, 0.05) is 36.4 Å². The predicted molar refractivity (Wildman–Crippen MR) is 111 cm³/mol. The van der Waals surface area contributed by atoms with Crippen molar-refractivity contribution in [2.24, 2.45) is 5.92 Å². The summed E-state index contributed by atoms with van der Waals surface area (Å²) >= 11 is 0. The molecule has 8 nitrogen and oxygen atoms in total. The lowest BCUT2D eigenvalue weighted by Gasteiger charge is -2.31. The van der Waals surface area contributed by atoms with Crippen LogP contribution in [0.15, 0.2) is 42.7 Å². The summed E-state index contributed by atoms with van der Waals surface area (Å²) in [6.45, 7) is 0.655. The van der Waals surface area contributed by atoms with Crippen LogP contribution < -0.4 is 5.32 Å². The van der Waals surface area contributed by atoms with Crippen molar-refractivity contribution < 1.29 is 9.59 Å². The molecule has 0 bridgehead atoms. The molecule has 30 heavy (non-hydrogen) atoms. The molecule has 2 aromatic heterocycles. The molecule has 0 unspecified atom stereocenters. The van der Waals surface area contributed by atoms with Gasteiger partial charge in [-0.2, -0.15) is 10.4 Å². The highest BCUT2D eigenvalue weighted by Crippen LogP contribution is 2.26. The van der Waals surface area contributed by atoms with Crippen molar-refractivity contribution >= 4 is 22.7 Å². The highest BCUT2D eigenvalue weighted by Gasteiger charge is 2.34. The van der Waals surface area contributed by atoms with Crippen molar-refractivity contribution in [1.29, 1.82) is 5.26 Å². The molecule has 3 aromatic rings. The number of fused-ring (bicyclic) bond motifs is 1. The Morgan fingerprint density at radius 2 is 2.17 bits per heavy atom. The van der Waals surface area contributed by atoms with Gasteiger partial charge in [-0.15, -0.1) is 0 Å². The van der Waals surface area contributed by atoms with Crippen LogP contribution in [-0.4, -0.2) is 44.6 Å². The van der Waals surface area contributed by atoms with E-state index in [1.807, 2.05) is 47.4 Å². The third kappa shape index (κ3) is 4.06. The normalized spacial score (nSPS) is 18.7. The number of amides is 2. The minimum atomic E-state index is -0.364. The van der Waals surface area contributed by atoms with Crippen LogP contribution in [0.25, 0.3) is 10.9 Å². The Labute approximate surface area is 174 Å². The molecule has 0 saturated heterocycles. The zero-order valence-corrected chi connectivity index (χ0v) is 16.8. The third-order valence-corrected chi connectivity index (χ3v) is 5.72. The maximum Gasteiger partial charge on any atom is 0.267 e. The number of aromatic nitrogens is 3. The minimum absolute atomic E-state index is 0.232. The van der Waals surface area contributed by atoms with Crippen LogP contribution >= 0.6 is 0 Å². The zero-order chi connectivity index (χ0) is 21.1. The van der Waals surface area contributed by atoms with Crippen LogP contribution in [0, 0.1) is 17.4 Å². The SMILES string of the molecule is CN(C#N)C(=O)[C@@H]1CCCC[C@@H]1NC(=O)c1cc2ccc(Cn3cccn3)cc2[nH]1. The summed E-state index contributed by atoms with van der Waals surface area (Å²) in [7, 11) is 1.47. The first-order valence-corrected chi connectivity index (χ1v) is 10.1. The lowest BCUT2D eigenvalue weighted by atomic mass is 9.83. The lowest BCUT2D eigenvalue weighted by Crippen LogP contribution is -2.48. The van der Waals surface area contributed by atoms with Gasteiger partial charge in [-0.25, -0.2) is 0 Å². The number of nitrogens with zero attached hydrogens (tertiary/aromatic N) is 4. The van der Waals surface area contributed by atoms with Crippen LogP contribution in [0.4, 0.5) is 0 Å². The van der Waals surface area contributed by atoms with E-state index in [9.17, 15) is 9.59 Å². The number of benzene rings is 1. The van der Waals surface area contributed by atoms with Gasteiger partial charge in [0.05, 0.1) is 12.5 Å². The Hall–Kier alpha value is -3.60. The molecule has 1 fully saturated rings. The molecular formula is C22H24N6O2. The first kappa shape index (κ1) is 19.7. The Kier molecular flexibility index (Phi) is 5.53. The van der Waals surface area contributed by atoms with Crippen LogP contribution in [-0.2, 0) is 11.3 Å². The molecule has 1 aliphatic rings. The van der Waals surface area contributed by atoms with Crippen LogP contribution in [0.5, 0.6) is 0 Å². The topological polar surface area (TPSA) is 107 Å². The van der Waals surface area contributed by atoms with E-state index in [4.69, 9.17) is 5.26 Å². The molecule has 1 saturated carbocycles. The van der Waals surface area contributed by atoms with Crippen molar-refractivity contribution in [3.05, 3.63) is 54.0 Å². The number of nitriles is 1. The van der Waals surface area contributed by atoms with Gasteiger partial charge in [-0.05, 0) is 36.6 Å². The van der Waals surface area contributed by atoms with E-state index < -0.39 is 0 Å². The van der Waals surface area contributed by atoms with Gasteiger partial charge in [-0.3, -0.25) is 19.2 Å². The Bertz CT molecular complexity index is 1090. The van der Waals surface area contributed by atoms with Crippen molar-refractivity contribution in [3.8, 4) is 6.19 Å². The fourth-order valence-electron chi connectivity index (χ4n) is 4.12. The number of carbonyl (C=O) groups excluding carboxylic acids is 2. The molecule has 2 amide bonds. The van der Waals surface area contributed by atoms with E-state index in [-0.39, 0.29) is 23.8 Å². The van der Waals surface area contributed by atoms with Gasteiger partial charge in [0.15, 0.2) is 6.19 Å². The molecule has 8 heteroatoms. The summed E-state index contributed by atoms with van der Waals surface area (Å²) in [5.74, 6) is -0.830. The maximum absolute atomic E-state index is 12.9. The molecule has 0 spiro atoms. The fourth-order valence-corrected chi connectivity index (χ4v) is 4.12. The average Bonchev–Trinajstić information content (AvgIpc) is 3.42. The van der Waals surface area contributed by atoms with Gasteiger partial charge in [0.25, 0.3) is 5.91 Å². The van der Waals surface area contributed by atoms with E-state index in [2.05, 4.69) is 15.4 Å². The van der Waals surface area contributed by atoms with E-state index in [0.717, 1.165) is 40.6 Å². The van der Waals surface area contributed by atoms with E-state index in [1.54, 1.807) is 6.20 Å². The molecule has 1 aliphatic carbocycles. The molecule has 1 aromatic carbocycles. The molecular weight excluding hydrogens is 380 g/mol. The van der Waals surface area contributed by atoms with Crippen molar-refractivity contribution in [1.82, 2.24) is 25.0 Å². The first-order valence-electron chi connectivity index (χ1n) is 10.1. The number of hydrogen-bond donors (Lipinski definition) is 2. The molecule has 0 radical (unpaired) electrons. The van der Waals surface area contributed by atoms with Gasteiger partial charge in [0.2, 0.25) is 5.91 Å². The van der Waals surface area contributed by atoms with Gasteiger partial charge in [0.1, 0.15) is 5.69 Å². The highest BCUT2D eigenvalue weighted by atomic mass is 16.2. The first-order chi connectivity index (χ1) is 14.5. The summed E-state index contributed by atoms with van der Waals surface area (Å²) < 4.78 is 1.84. The van der Waals surface area contributed by atoms with E-state index in [0.29, 0.717) is 18.7 Å². The summed E-state index contributed by atoms with van der Waals surface area (Å²) in [6, 6.07) is 9.46. The second kappa shape index (κ2) is 8.41. The van der Waals surface area contributed by atoms with Crippen LogP contribution in [0.1, 0.15) is 41.7 Å². The van der Waals surface area contributed by atoms with Crippen LogP contribution in [0.2, 0.25) is 0 Å². The molecule has 2 N–H and O–H groups in total. The Morgan fingerprint density at radius 1 is 1.33 bits per heavy atom. The maximum atomic E-state index is 12.9. The molecule has 0 aliphatic heterocycles. The predicted octanol–water partition coefficient (Wildman–Crippen LogP) is 2.64. The highest BCUT2D eigenvalue weighted by molar-refractivity contribution is 5.98. The number of H-pyrrole nitrogens is 1. The van der Waals surface area contributed by atoms with Gasteiger partial charge < -0.3 is 10.3 Å².